The summed E-state index contributed by atoms with van der Waals surface area (Å²) in [5.41, 5.74) is 2.82. The maximum absolute atomic E-state index is 13.0. The van der Waals surface area contributed by atoms with Gasteiger partial charge in [-0.3, -0.25) is 4.79 Å². The molecule has 138 valence electrons. The minimum atomic E-state index is -0.534. The van der Waals surface area contributed by atoms with Crippen molar-refractivity contribution >= 4 is 16.9 Å². The fraction of sp³-hybridized carbons (Fsp3) is 0.125. The van der Waals surface area contributed by atoms with Crippen LogP contribution in [0.5, 0.6) is 5.75 Å². The molecule has 2 atom stereocenters. The van der Waals surface area contributed by atoms with Crippen LogP contribution in [0.3, 0.4) is 0 Å². The summed E-state index contributed by atoms with van der Waals surface area (Å²) in [5.74, 6) is 1.34. The highest BCUT2D eigenvalue weighted by Crippen LogP contribution is 2.31. The van der Waals surface area contributed by atoms with E-state index in [2.05, 4.69) is 5.32 Å². The molecular weight excluding hydrogens is 350 g/mol. The summed E-state index contributed by atoms with van der Waals surface area (Å²) in [4.78, 5) is 13.0. The second-order valence-corrected chi connectivity index (χ2v) is 6.96. The highest BCUT2D eigenvalue weighted by Gasteiger charge is 2.31. The lowest BCUT2D eigenvalue weighted by molar-refractivity contribution is -0.127. The smallest absolute Gasteiger partial charge is 0.262 e. The van der Waals surface area contributed by atoms with Gasteiger partial charge in [-0.25, -0.2) is 0 Å². The molecule has 28 heavy (non-hydrogen) atoms. The first-order valence-corrected chi connectivity index (χ1v) is 9.36. The molecule has 0 fully saturated rings. The van der Waals surface area contributed by atoms with Crippen LogP contribution in [-0.2, 0) is 11.2 Å². The first-order chi connectivity index (χ1) is 13.8. The Morgan fingerprint density at radius 3 is 2.50 bits per heavy atom. The minimum Gasteiger partial charge on any atom is -0.480 e. The molecule has 0 spiro atoms. The predicted molar refractivity (Wildman–Crippen MR) is 107 cm³/mol. The van der Waals surface area contributed by atoms with Crippen molar-refractivity contribution in [1.82, 2.24) is 5.32 Å². The Kier molecular flexibility index (Phi) is 4.09. The van der Waals surface area contributed by atoms with Crippen molar-refractivity contribution in [3.63, 3.8) is 0 Å². The fourth-order valence-corrected chi connectivity index (χ4v) is 3.67. The monoisotopic (exact) mass is 369 g/mol. The summed E-state index contributed by atoms with van der Waals surface area (Å²) in [6.07, 6.45) is 0.0388. The molecule has 4 heteroatoms. The molecule has 0 saturated carbocycles. The Labute approximate surface area is 162 Å². The maximum Gasteiger partial charge on any atom is 0.262 e. The normalized spacial score (nSPS) is 16.4. The third-order valence-corrected chi connectivity index (χ3v) is 5.09. The fourth-order valence-electron chi connectivity index (χ4n) is 3.67. The van der Waals surface area contributed by atoms with Gasteiger partial charge in [0.1, 0.15) is 23.1 Å². The van der Waals surface area contributed by atoms with E-state index in [4.69, 9.17) is 9.15 Å². The molecule has 1 amide bonds. The molecule has 0 saturated heterocycles. The summed E-state index contributed by atoms with van der Waals surface area (Å²) in [6, 6.07) is 27.1. The van der Waals surface area contributed by atoms with Crippen LogP contribution in [0.1, 0.15) is 22.9 Å². The second-order valence-electron chi connectivity index (χ2n) is 6.96. The topological polar surface area (TPSA) is 51.5 Å². The van der Waals surface area contributed by atoms with Gasteiger partial charge in [0.05, 0.1) is 0 Å². The summed E-state index contributed by atoms with van der Waals surface area (Å²) in [6.45, 7) is 0. The molecule has 4 nitrogen and oxygen atoms in total. The molecule has 0 bridgehead atoms. The zero-order valence-corrected chi connectivity index (χ0v) is 15.2. The van der Waals surface area contributed by atoms with Gasteiger partial charge in [0, 0.05) is 11.8 Å². The van der Waals surface area contributed by atoms with Crippen molar-refractivity contribution in [3.8, 4) is 5.75 Å². The Morgan fingerprint density at radius 1 is 0.929 bits per heavy atom. The van der Waals surface area contributed by atoms with Gasteiger partial charge in [0.15, 0.2) is 6.10 Å². The van der Waals surface area contributed by atoms with Gasteiger partial charge in [0.2, 0.25) is 0 Å². The van der Waals surface area contributed by atoms with Gasteiger partial charge >= 0.3 is 0 Å². The Bertz CT molecular complexity index is 1070. The number of hydrogen-bond acceptors (Lipinski definition) is 3. The molecule has 1 aliphatic heterocycles. The standard InChI is InChI=1S/C24H19NO3/c26-24(22-15-18-11-5-7-13-20(18)28-22)25-23(16-8-2-1-3-9-16)21-14-17-10-4-6-12-19(17)27-21/h1-14,22-23H,15H2,(H,25,26)/t22-,23+/m1/s1. The number of amides is 1. The second kappa shape index (κ2) is 6.89. The van der Waals surface area contributed by atoms with Crippen molar-refractivity contribution in [2.45, 2.75) is 18.6 Å². The summed E-state index contributed by atoms with van der Waals surface area (Å²) in [7, 11) is 0. The van der Waals surface area contributed by atoms with E-state index >= 15 is 0 Å². The molecule has 1 N–H and O–H groups in total. The van der Waals surface area contributed by atoms with E-state index in [9.17, 15) is 4.79 Å². The average molecular weight is 369 g/mol. The van der Waals surface area contributed by atoms with Crippen LogP contribution in [0.4, 0.5) is 0 Å². The van der Waals surface area contributed by atoms with E-state index in [1.165, 1.54) is 0 Å². The first kappa shape index (κ1) is 16.6. The number of furan rings is 1. The number of ether oxygens (including phenoxy) is 1. The number of carbonyl (C=O) groups is 1. The minimum absolute atomic E-state index is 0.148. The zero-order valence-electron chi connectivity index (χ0n) is 15.2. The molecule has 0 radical (unpaired) electrons. The highest BCUT2D eigenvalue weighted by molar-refractivity contribution is 5.84. The Hall–Kier alpha value is -3.53. The zero-order chi connectivity index (χ0) is 18.9. The molecule has 4 aromatic rings. The van der Waals surface area contributed by atoms with Gasteiger partial charge in [-0.05, 0) is 29.3 Å². The number of fused-ring (bicyclic) bond motifs is 2. The summed E-state index contributed by atoms with van der Waals surface area (Å²) >= 11 is 0. The van der Waals surface area contributed by atoms with E-state index in [-0.39, 0.29) is 11.9 Å². The van der Waals surface area contributed by atoms with E-state index in [1.54, 1.807) is 0 Å². The van der Waals surface area contributed by atoms with E-state index in [0.717, 1.165) is 27.8 Å². The molecule has 2 heterocycles. The number of benzene rings is 3. The lowest BCUT2D eigenvalue weighted by atomic mass is 10.0. The van der Waals surface area contributed by atoms with Crippen molar-refractivity contribution in [1.29, 1.82) is 0 Å². The van der Waals surface area contributed by atoms with Crippen LogP contribution in [0.25, 0.3) is 11.0 Å². The first-order valence-electron chi connectivity index (χ1n) is 9.36. The van der Waals surface area contributed by atoms with Crippen LogP contribution < -0.4 is 10.1 Å². The average Bonchev–Trinajstić information content (AvgIpc) is 3.36. The molecular formula is C24H19NO3. The molecule has 3 aromatic carbocycles. The predicted octanol–water partition coefficient (Wildman–Crippen LogP) is 4.64. The van der Waals surface area contributed by atoms with Gasteiger partial charge in [0.25, 0.3) is 5.91 Å². The lowest BCUT2D eigenvalue weighted by Crippen LogP contribution is -2.39. The van der Waals surface area contributed by atoms with E-state index in [0.29, 0.717) is 12.2 Å². The van der Waals surface area contributed by atoms with Crippen LogP contribution in [0.2, 0.25) is 0 Å². The third-order valence-electron chi connectivity index (χ3n) is 5.09. The van der Waals surface area contributed by atoms with Gasteiger partial charge in [-0.2, -0.15) is 0 Å². The quantitative estimate of drug-likeness (QED) is 0.570. The Morgan fingerprint density at radius 2 is 1.68 bits per heavy atom. The molecule has 0 aliphatic carbocycles. The maximum atomic E-state index is 13.0. The number of rotatable bonds is 4. The number of carbonyl (C=O) groups excluding carboxylic acids is 1. The van der Waals surface area contributed by atoms with Crippen LogP contribution in [0, 0.1) is 0 Å². The van der Waals surface area contributed by atoms with Crippen molar-refractivity contribution in [2.75, 3.05) is 0 Å². The lowest BCUT2D eigenvalue weighted by Gasteiger charge is -2.19. The summed E-state index contributed by atoms with van der Waals surface area (Å²) < 4.78 is 11.9. The number of para-hydroxylation sites is 2. The van der Waals surface area contributed by atoms with Gasteiger partial charge < -0.3 is 14.5 Å². The highest BCUT2D eigenvalue weighted by atomic mass is 16.5. The molecule has 1 aliphatic rings. The molecule has 5 rings (SSSR count). The molecule has 1 aromatic heterocycles. The van der Waals surface area contributed by atoms with Crippen LogP contribution in [-0.4, -0.2) is 12.0 Å². The van der Waals surface area contributed by atoms with E-state index in [1.807, 2.05) is 84.9 Å². The van der Waals surface area contributed by atoms with Gasteiger partial charge in [-0.15, -0.1) is 0 Å². The third kappa shape index (κ3) is 3.03. The van der Waals surface area contributed by atoms with Crippen molar-refractivity contribution < 1.29 is 13.9 Å². The number of hydrogen-bond donors (Lipinski definition) is 1. The number of nitrogens with one attached hydrogen (secondary N) is 1. The Balaban J connectivity index is 1.45. The largest absolute Gasteiger partial charge is 0.480 e. The van der Waals surface area contributed by atoms with E-state index < -0.39 is 6.10 Å². The SMILES string of the molecule is O=C(N[C@@H](c1ccccc1)c1cc2ccccc2o1)[C@H]1Cc2ccccc2O1. The van der Waals surface area contributed by atoms with Gasteiger partial charge in [-0.1, -0.05) is 66.7 Å². The van der Waals surface area contributed by atoms with Crippen LogP contribution in [0.15, 0.2) is 89.3 Å². The van der Waals surface area contributed by atoms with Crippen molar-refractivity contribution in [3.05, 3.63) is 102 Å². The summed E-state index contributed by atoms with van der Waals surface area (Å²) in [5, 5.41) is 4.14. The van der Waals surface area contributed by atoms with Crippen molar-refractivity contribution in [2.24, 2.45) is 0 Å². The molecule has 0 unspecified atom stereocenters. The van der Waals surface area contributed by atoms with Crippen LogP contribution >= 0.6 is 0 Å².